The molecule has 1 rings (SSSR count). The van der Waals surface area contributed by atoms with E-state index < -0.39 is 0 Å². The molecule has 1 nitrogen and oxygen atoms in total. The Hall–Kier alpha value is -0.642. The Morgan fingerprint density at radius 3 is 2.75 bits per heavy atom. The average molecular weight is 329 g/mol. The first-order valence-electron chi connectivity index (χ1n) is 3.45. The van der Waals surface area contributed by atoms with Gasteiger partial charge in [0.15, 0.2) is 0 Å². The maximum atomic E-state index is 10.3. The Morgan fingerprint density at radius 2 is 2.25 bits per heavy atom. The summed E-state index contributed by atoms with van der Waals surface area (Å²) in [6.45, 7) is 3.69. The number of allylic oxidation sites excluding steroid dienone is 1. The van der Waals surface area contributed by atoms with E-state index in [0.29, 0.717) is 5.57 Å². The Bertz CT molecular complexity index is 311. The second-order valence-electron chi connectivity index (χ2n) is 2.46. The fourth-order valence-electron chi connectivity index (χ4n) is 0.976. The summed E-state index contributed by atoms with van der Waals surface area (Å²) in [7, 11) is 0. The largest absolute Gasteiger partial charge is 0.245 e. The monoisotopic (exact) mass is 329 g/mol. The molecule has 1 aromatic rings. The van der Waals surface area contributed by atoms with Gasteiger partial charge in [-0.15, -0.1) is 35.4 Å². The zero-order chi connectivity index (χ0) is 8.27. The molecule has 0 unspecified atom stereocenters. The van der Waals surface area contributed by atoms with Gasteiger partial charge in [-0.25, -0.2) is 4.79 Å². The minimum atomic E-state index is 0. The van der Waals surface area contributed by atoms with Crippen LogP contribution in [0.4, 0.5) is 0 Å². The zero-order valence-corrected chi connectivity index (χ0v) is 9.98. The number of benzene rings is 1. The Balaban J connectivity index is 0.00000121. The van der Waals surface area contributed by atoms with Crippen LogP contribution in [-0.4, -0.2) is 5.94 Å². The van der Waals surface area contributed by atoms with Crippen molar-refractivity contribution >= 4 is 11.5 Å². The normalized spacial score (nSPS) is 8.17. The number of rotatable bonds is 1. The van der Waals surface area contributed by atoms with Crippen LogP contribution in [0.15, 0.2) is 18.2 Å². The van der Waals surface area contributed by atoms with Crippen LogP contribution in [0.1, 0.15) is 18.1 Å². The van der Waals surface area contributed by atoms with Crippen molar-refractivity contribution in [2.45, 2.75) is 13.8 Å². The number of hydrogen-bond acceptors (Lipinski definition) is 1. The van der Waals surface area contributed by atoms with E-state index in [1.807, 2.05) is 25.0 Å². The molecule has 0 fully saturated rings. The predicted molar refractivity (Wildman–Crippen MR) is 44.8 cm³/mol. The molecule has 0 saturated carbocycles. The molecule has 62 valence electrons. The van der Waals surface area contributed by atoms with Gasteiger partial charge in [-0.05, 0) is 5.57 Å². The second kappa shape index (κ2) is 5.08. The van der Waals surface area contributed by atoms with E-state index in [1.165, 1.54) is 0 Å². The second-order valence-corrected chi connectivity index (χ2v) is 2.46. The van der Waals surface area contributed by atoms with E-state index in [-0.39, 0.29) is 21.1 Å². The topological polar surface area (TPSA) is 17.1 Å². The smallest absolute Gasteiger partial charge is 0.0764 e. The molecule has 0 aromatic heterocycles. The molecule has 0 N–H and O–H groups in total. The zero-order valence-electron chi connectivity index (χ0n) is 7.05. The molecule has 0 amide bonds. The van der Waals surface area contributed by atoms with E-state index in [9.17, 15) is 4.79 Å². The van der Waals surface area contributed by atoms with E-state index in [0.717, 1.165) is 11.1 Å². The van der Waals surface area contributed by atoms with Gasteiger partial charge < -0.3 is 0 Å². The van der Waals surface area contributed by atoms with Gasteiger partial charge >= 0.3 is 0 Å². The summed E-state index contributed by atoms with van der Waals surface area (Å²) in [6.07, 6.45) is 0. The van der Waals surface area contributed by atoms with Crippen molar-refractivity contribution in [1.29, 1.82) is 0 Å². The van der Waals surface area contributed by atoms with Gasteiger partial charge in [0, 0.05) is 21.1 Å². The summed E-state index contributed by atoms with van der Waals surface area (Å²) >= 11 is 0. The molecule has 12 heavy (non-hydrogen) atoms. The third-order valence-corrected chi connectivity index (χ3v) is 1.59. The van der Waals surface area contributed by atoms with Crippen LogP contribution in [-0.2, 0) is 25.9 Å². The number of carbonyl (C=O) groups excluding carboxylic acids is 1. The van der Waals surface area contributed by atoms with E-state index in [4.69, 9.17) is 0 Å². The SMILES string of the molecule is CC(=C=O)c1[c-]cccc1C.[W]. The maximum Gasteiger partial charge on any atom is 0.0764 e. The number of aryl methyl sites for hydroxylation is 1. The molecular weight excluding hydrogens is 320 g/mol. The average Bonchev–Trinajstić information content (AvgIpc) is 2.04. The molecule has 0 bridgehead atoms. The van der Waals surface area contributed by atoms with Gasteiger partial charge in [-0.1, -0.05) is 13.8 Å². The molecule has 0 spiro atoms. The maximum absolute atomic E-state index is 10.3. The molecule has 0 atom stereocenters. The molecule has 0 aliphatic heterocycles. The van der Waals surface area contributed by atoms with Crippen LogP contribution in [0, 0.1) is 13.0 Å². The molecule has 0 aliphatic carbocycles. The van der Waals surface area contributed by atoms with E-state index >= 15 is 0 Å². The van der Waals surface area contributed by atoms with Crippen LogP contribution in [0.5, 0.6) is 0 Å². The van der Waals surface area contributed by atoms with Crippen molar-refractivity contribution < 1.29 is 25.9 Å². The minimum Gasteiger partial charge on any atom is -0.245 e. The van der Waals surface area contributed by atoms with Crippen LogP contribution in [0.2, 0.25) is 0 Å². The molecule has 0 aliphatic rings. The molecular formula is C10H9OW-. The number of hydrogen-bond donors (Lipinski definition) is 0. The van der Waals surface area contributed by atoms with Gasteiger partial charge in [0.05, 0.1) is 5.94 Å². The van der Waals surface area contributed by atoms with Gasteiger partial charge in [-0.2, -0.15) is 0 Å². The van der Waals surface area contributed by atoms with Crippen molar-refractivity contribution in [2.24, 2.45) is 0 Å². The minimum absolute atomic E-state index is 0. The van der Waals surface area contributed by atoms with Crippen molar-refractivity contribution in [3.05, 3.63) is 35.4 Å². The first kappa shape index (κ1) is 11.4. The predicted octanol–water partition coefficient (Wildman–Crippen LogP) is 2.03. The van der Waals surface area contributed by atoms with Crippen molar-refractivity contribution in [1.82, 2.24) is 0 Å². The fourth-order valence-corrected chi connectivity index (χ4v) is 0.976. The first-order chi connectivity index (χ1) is 5.25. The standard InChI is InChI=1S/C10H9O.W/c1-8-5-3-4-6-10(8)9(2)7-11;/h3-5H,1-2H3;/q-1;. The van der Waals surface area contributed by atoms with Crippen molar-refractivity contribution in [2.75, 3.05) is 0 Å². The fraction of sp³-hybridized carbons (Fsp3) is 0.200. The summed E-state index contributed by atoms with van der Waals surface area (Å²) in [5, 5.41) is 0. The first-order valence-corrected chi connectivity index (χ1v) is 3.45. The quantitative estimate of drug-likeness (QED) is 0.569. The summed E-state index contributed by atoms with van der Waals surface area (Å²) < 4.78 is 0. The molecule has 0 radical (unpaired) electrons. The van der Waals surface area contributed by atoms with Crippen molar-refractivity contribution in [3.63, 3.8) is 0 Å². The van der Waals surface area contributed by atoms with Gasteiger partial charge in [0.1, 0.15) is 0 Å². The summed E-state index contributed by atoms with van der Waals surface area (Å²) in [6, 6.07) is 8.63. The van der Waals surface area contributed by atoms with Crippen LogP contribution in [0.3, 0.4) is 0 Å². The summed E-state index contributed by atoms with van der Waals surface area (Å²) in [5.74, 6) is 1.86. The van der Waals surface area contributed by atoms with Crippen LogP contribution >= 0.6 is 0 Å². The Labute approximate surface area is 86.8 Å². The van der Waals surface area contributed by atoms with Crippen LogP contribution in [0.25, 0.3) is 5.57 Å². The third kappa shape index (κ3) is 2.44. The van der Waals surface area contributed by atoms with E-state index in [2.05, 4.69) is 6.07 Å². The Morgan fingerprint density at radius 1 is 1.58 bits per heavy atom. The summed E-state index contributed by atoms with van der Waals surface area (Å²) in [5.41, 5.74) is 2.54. The molecule has 0 saturated heterocycles. The van der Waals surface area contributed by atoms with Gasteiger partial charge in [0.25, 0.3) is 0 Å². The summed E-state index contributed by atoms with van der Waals surface area (Å²) in [4.78, 5) is 10.3. The molecule has 0 heterocycles. The van der Waals surface area contributed by atoms with Crippen molar-refractivity contribution in [3.8, 4) is 0 Å². The van der Waals surface area contributed by atoms with Gasteiger partial charge in [0.2, 0.25) is 0 Å². The van der Waals surface area contributed by atoms with E-state index in [1.54, 1.807) is 13.0 Å². The molecule has 2 heteroatoms. The van der Waals surface area contributed by atoms with Gasteiger partial charge in [-0.3, -0.25) is 0 Å². The van der Waals surface area contributed by atoms with Crippen LogP contribution < -0.4 is 0 Å². The Kier molecular flexibility index (Phi) is 4.81. The molecule has 1 aromatic carbocycles. The third-order valence-electron chi connectivity index (χ3n) is 1.59.